The van der Waals surface area contributed by atoms with Crippen molar-refractivity contribution in [3.63, 3.8) is 0 Å². The third-order valence-electron chi connectivity index (χ3n) is 6.12. The molecule has 5 rings (SSSR count). The molecule has 2 aromatic rings. The number of benzene rings is 2. The third-order valence-corrected chi connectivity index (χ3v) is 7.19. The van der Waals surface area contributed by atoms with Crippen LogP contribution in [0.1, 0.15) is 30.4 Å². The van der Waals surface area contributed by atoms with Crippen LogP contribution in [0.5, 0.6) is 0 Å². The summed E-state index contributed by atoms with van der Waals surface area (Å²) in [6.07, 6.45) is 11.6. The summed E-state index contributed by atoms with van der Waals surface area (Å²) in [6.45, 7) is 7.04. The molecule has 158 valence electrons. The van der Waals surface area contributed by atoms with Gasteiger partial charge in [-0.2, -0.15) is 11.1 Å². The summed E-state index contributed by atoms with van der Waals surface area (Å²) < 4.78 is 0. The summed E-state index contributed by atoms with van der Waals surface area (Å²) in [6, 6.07) is 17.9. The van der Waals surface area contributed by atoms with Crippen molar-refractivity contribution >= 4 is 14.1 Å². The first-order valence-corrected chi connectivity index (χ1v) is 12.8. The van der Waals surface area contributed by atoms with Crippen molar-refractivity contribution in [3.05, 3.63) is 121 Å². The Morgan fingerprint density at radius 1 is 0.903 bits per heavy atom. The Bertz CT molecular complexity index is 1080. The van der Waals surface area contributed by atoms with Gasteiger partial charge in [0.1, 0.15) is 0 Å². The fourth-order valence-corrected chi connectivity index (χ4v) is 6.22. The van der Waals surface area contributed by atoms with E-state index in [1.165, 1.54) is 44.5 Å². The van der Waals surface area contributed by atoms with Crippen LogP contribution in [0.25, 0.3) is 11.1 Å². The van der Waals surface area contributed by atoms with Crippen molar-refractivity contribution < 1.29 is 25.8 Å². The molecule has 0 aliphatic heterocycles. The van der Waals surface area contributed by atoms with Crippen molar-refractivity contribution in [1.29, 1.82) is 0 Å². The maximum atomic E-state index is 3.73. The second-order valence-electron chi connectivity index (χ2n) is 8.28. The predicted molar refractivity (Wildman–Crippen MR) is 135 cm³/mol. The Morgan fingerprint density at radius 3 is 2.06 bits per heavy atom. The Hall–Kier alpha value is -1.64. The van der Waals surface area contributed by atoms with Crippen molar-refractivity contribution in [2.24, 2.45) is 5.92 Å². The second kappa shape index (κ2) is 10.3. The number of fused-ring (bicyclic) bond motifs is 4. The zero-order chi connectivity index (χ0) is 19.3. The fraction of sp³-hybridized carbons (Fsp3) is 0.207. The van der Waals surface area contributed by atoms with E-state index < -0.39 is 8.41 Å². The standard InChI is InChI=1S/C27H25Si.2CH3.Hf/c1-18-16-19-10-4-5-11-20(17-28(2)3)26(19)25(18)27-23-14-8-6-12-21(23)22-13-7-9-15-24(22)27;;;/h4-10,12-15,17,20,27H,11H2,1-3H3;2*1H3;/q3*-1;. The Balaban J connectivity index is 0.00000114. The van der Waals surface area contributed by atoms with Gasteiger partial charge in [0, 0.05) is 25.8 Å². The van der Waals surface area contributed by atoms with Crippen LogP contribution < -0.4 is 0 Å². The summed E-state index contributed by atoms with van der Waals surface area (Å²) >= 11 is 0. The van der Waals surface area contributed by atoms with E-state index in [4.69, 9.17) is 0 Å². The van der Waals surface area contributed by atoms with Crippen molar-refractivity contribution in [2.75, 3.05) is 0 Å². The van der Waals surface area contributed by atoms with E-state index in [9.17, 15) is 0 Å². The van der Waals surface area contributed by atoms with Gasteiger partial charge in [-0.15, -0.1) is 35.0 Å². The zero-order valence-electron chi connectivity index (χ0n) is 19.3. The molecule has 2 heteroatoms. The van der Waals surface area contributed by atoms with Gasteiger partial charge in [0.15, 0.2) is 0 Å². The molecule has 0 aromatic heterocycles. The van der Waals surface area contributed by atoms with E-state index in [1.807, 2.05) is 0 Å². The largest absolute Gasteiger partial charge is 0.358 e. The molecule has 0 saturated heterocycles. The number of rotatable bonds is 2. The molecule has 0 radical (unpaired) electrons. The molecule has 0 spiro atoms. The van der Waals surface area contributed by atoms with Crippen LogP contribution in [0.15, 0.2) is 89.1 Å². The van der Waals surface area contributed by atoms with E-state index in [2.05, 4.69) is 98.5 Å². The second-order valence-corrected chi connectivity index (χ2v) is 10.8. The molecule has 0 amide bonds. The van der Waals surface area contributed by atoms with E-state index in [-0.39, 0.29) is 40.7 Å². The first-order chi connectivity index (χ1) is 13.6. The van der Waals surface area contributed by atoms with Crippen LogP contribution in [0.2, 0.25) is 13.1 Å². The molecule has 0 heterocycles. The number of hydrogen-bond donors (Lipinski definition) is 0. The summed E-state index contributed by atoms with van der Waals surface area (Å²) in [5.41, 5.74) is 13.9. The summed E-state index contributed by atoms with van der Waals surface area (Å²) in [5.74, 6) is 0.813. The normalized spacial score (nSPS) is 18.2. The van der Waals surface area contributed by atoms with E-state index in [0.29, 0.717) is 11.8 Å². The first-order valence-electron chi connectivity index (χ1n) is 10.2. The Labute approximate surface area is 209 Å². The molecule has 31 heavy (non-hydrogen) atoms. The maximum absolute atomic E-state index is 3.73. The average Bonchev–Trinajstić information content (AvgIpc) is 3.11. The third kappa shape index (κ3) is 4.34. The first kappa shape index (κ1) is 25.6. The molecule has 0 saturated carbocycles. The minimum Gasteiger partial charge on any atom is -0.358 e. The fourth-order valence-electron chi connectivity index (χ4n) is 5.11. The Kier molecular flexibility index (Phi) is 8.52. The van der Waals surface area contributed by atoms with E-state index >= 15 is 0 Å². The summed E-state index contributed by atoms with van der Waals surface area (Å²) in [5, 5.41) is 0. The SMILES string of the molecule is CC1=[C-]C2=CC=CCC(C=[Si](C)C)C2=C1C1c2ccccc2-c2ccccc21.[CH3-].[CH3-].[Hf]. The predicted octanol–water partition coefficient (Wildman–Crippen LogP) is 7.40. The van der Waals surface area contributed by atoms with Gasteiger partial charge in [-0.1, -0.05) is 74.6 Å². The van der Waals surface area contributed by atoms with Crippen molar-refractivity contribution in [2.45, 2.75) is 32.4 Å². The quantitative estimate of drug-likeness (QED) is 0.254. The number of hydrogen-bond acceptors (Lipinski definition) is 0. The minimum absolute atomic E-state index is 0. The molecular formula is C29H31HfSi-3. The zero-order valence-corrected chi connectivity index (χ0v) is 23.9. The molecule has 1 unspecified atom stereocenters. The topological polar surface area (TPSA) is 0 Å². The van der Waals surface area contributed by atoms with Gasteiger partial charge in [0.25, 0.3) is 0 Å². The van der Waals surface area contributed by atoms with Crippen molar-refractivity contribution in [3.8, 4) is 11.1 Å². The van der Waals surface area contributed by atoms with Gasteiger partial charge in [0.2, 0.25) is 0 Å². The van der Waals surface area contributed by atoms with Gasteiger partial charge >= 0.3 is 0 Å². The van der Waals surface area contributed by atoms with Crippen LogP contribution in [0.4, 0.5) is 0 Å². The van der Waals surface area contributed by atoms with Crippen LogP contribution in [-0.4, -0.2) is 14.1 Å². The van der Waals surface area contributed by atoms with Crippen LogP contribution in [0.3, 0.4) is 0 Å². The molecule has 3 aliphatic rings. The van der Waals surface area contributed by atoms with Gasteiger partial charge in [-0.3, -0.25) is 0 Å². The monoisotopic (exact) mass is 587 g/mol. The van der Waals surface area contributed by atoms with E-state index in [1.54, 1.807) is 0 Å². The maximum Gasteiger partial charge on any atom is 0 e. The van der Waals surface area contributed by atoms with Gasteiger partial charge in [-0.05, 0) is 48.9 Å². The van der Waals surface area contributed by atoms with Gasteiger partial charge < -0.3 is 14.9 Å². The Morgan fingerprint density at radius 2 is 1.48 bits per heavy atom. The van der Waals surface area contributed by atoms with E-state index in [0.717, 1.165) is 6.42 Å². The molecule has 0 fully saturated rings. The molecule has 1 atom stereocenters. The molecule has 3 aliphatic carbocycles. The van der Waals surface area contributed by atoms with Crippen LogP contribution in [0, 0.1) is 26.8 Å². The minimum atomic E-state index is -0.428. The molecule has 0 bridgehead atoms. The van der Waals surface area contributed by atoms with Crippen molar-refractivity contribution in [1.82, 2.24) is 0 Å². The molecule has 0 nitrogen and oxygen atoms in total. The summed E-state index contributed by atoms with van der Waals surface area (Å²) in [7, 11) is -0.428. The van der Waals surface area contributed by atoms with Crippen LogP contribution in [-0.2, 0) is 25.8 Å². The smallest absolute Gasteiger partial charge is 0 e. The molecule has 2 aromatic carbocycles. The van der Waals surface area contributed by atoms with Gasteiger partial charge in [0.05, 0.1) is 0 Å². The molecule has 0 N–H and O–H groups in total. The van der Waals surface area contributed by atoms with Gasteiger partial charge in [-0.25, -0.2) is 0 Å². The summed E-state index contributed by atoms with van der Waals surface area (Å²) in [4.78, 5) is 0. The van der Waals surface area contributed by atoms with Crippen LogP contribution >= 0.6 is 0 Å². The average molecular weight is 586 g/mol. The molecular weight excluding hydrogens is 555 g/mol. The number of allylic oxidation sites excluding steroid dienone is 8.